The molecule has 1 fully saturated rings. The highest BCUT2D eigenvalue weighted by molar-refractivity contribution is 8.00. The van der Waals surface area contributed by atoms with Crippen molar-refractivity contribution in [1.29, 1.82) is 0 Å². The Hall–Kier alpha value is -0.840. The van der Waals surface area contributed by atoms with Gasteiger partial charge in [0.1, 0.15) is 0 Å². The molecule has 0 unspecified atom stereocenters. The predicted octanol–water partition coefficient (Wildman–Crippen LogP) is 4.71. The summed E-state index contributed by atoms with van der Waals surface area (Å²) in [4.78, 5) is 0.670. The number of anilines is 1. The summed E-state index contributed by atoms with van der Waals surface area (Å²) in [7, 11) is 0. The van der Waals surface area contributed by atoms with Crippen LogP contribution in [0, 0.1) is 0 Å². The van der Waals surface area contributed by atoms with Crippen LogP contribution in [0.25, 0.3) is 0 Å². The summed E-state index contributed by atoms with van der Waals surface area (Å²) in [5.74, 6) is 0. The molecule has 0 saturated heterocycles. The van der Waals surface area contributed by atoms with Crippen LogP contribution in [-0.4, -0.2) is 5.25 Å². The molecule has 0 aliphatic heterocycles. The van der Waals surface area contributed by atoms with Crippen molar-refractivity contribution in [3.63, 3.8) is 0 Å². The Morgan fingerprint density at radius 1 is 1.11 bits per heavy atom. The molecule has 1 nitrogen and oxygen atoms in total. The number of halogens is 3. The number of benzene rings is 1. The summed E-state index contributed by atoms with van der Waals surface area (Å²) in [6, 6.07) is 4.21. The fourth-order valence-electron chi connectivity index (χ4n) is 2.23. The molecule has 0 amide bonds. The van der Waals surface area contributed by atoms with Crippen LogP contribution in [-0.2, 0) is 6.18 Å². The first-order valence-corrected chi connectivity index (χ1v) is 6.98. The van der Waals surface area contributed by atoms with Crippen molar-refractivity contribution in [2.45, 2.75) is 48.4 Å². The molecule has 1 aliphatic carbocycles. The number of nitrogen functional groups attached to an aromatic ring is 1. The van der Waals surface area contributed by atoms with Crippen LogP contribution in [0.4, 0.5) is 18.9 Å². The van der Waals surface area contributed by atoms with Gasteiger partial charge in [-0.2, -0.15) is 13.2 Å². The zero-order chi connectivity index (χ0) is 13.2. The maximum Gasteiger partial charge on any atom is 0.418 e. The van der Waals surface area contributed by atoms with Crippen LogP contribution in [0.15, 0.2) is 23.1 Å². The molecule has 1 aliphatic rings. The van der Waals surface area contributed by atoms with E-state index in [0.717, 1.165) is 12.8 Å². The van der Waals surface area contributed by atoms with Crippen molar-refractivity contribution < 1.29 is 13.2 Å². The Morgan fingerprint density at radius 2 is 1.78 bits per heavy atom. The standard InChI is InChI=1S/C13H16F3NS/c14-13(15,16)11-8-10(6-7-12(11)17)18-9-4-2-1-3-5-9/h6-9H,1-5,17H2. The van der Waals surface area contributed by atoms with Crippen molar-refractivity contribution in [2.24, 2.45) is 0 Å². The Bertz CT molecular complexity index is 411. The van der Waals surface area contributed by atoms with E-state index in [1.54, 1.807) is 17.8 Å². The predicted molar refractivity (Wildman–Crippen MR) is 68.6 cm³/mol. The third-order valence-electron chi connectivity index (χ3n) is 3.19. The highest BCUT2D eigenvalue weighted by atomic mass is 32.2. The molecule has 0 heterocycles. The lowest BCUT2D eigenvalue weighted by Gasteiger charge is -2.21. The van der Waals surface area contributed by atoms with Gasteiger partial charge in [0.25, 0.3) is 0 Å². The topological polar surface area (TPSA) is 26.0 Å². The SMILES string of the molecule is Nc1ccc(SC2CCCCC2)cc1C(F)(F)F. The molecule has 0 radical (unpaired) electrons. The molecule has 0 bridgehead atoms. The molecule has 1 saturated carbocycles. The lowest BCUT2D eigenvalue weighted by molar-refractivity contribution is -0.137. The third kappa shape index (κ3) is 3.34. The van der Waals surface area contributed by atoms with Gasteiger partial charge in [-0.05, 0) is 31.0 Å². The molecular weight excluding hydrogens is 259 g/mol. The Balaban J connectivity index is 2.14. The van der Waals surface area contributed by atoms with Crippen LogP contribution in [0.2, 0.25) is 0 Å². The van der Waals surface area contributed by atoms with Gasteiger partial charge in [-0.15, -0.1) is 11.8 Å². The van der Waals surface area contributed by atoms with Crippen LogP contribution >= 0.6 is 11.8 Å². The van der Waals surface area contributed by atoms with Gasteiger partial charge in [-0.3, -0.25) is 0 Å². The zero-order valence-corrected chi connectivity index (χ0v) is 10.8. The van der Waals surface area contributed by atoms with Crippen LogP contribution in [0.5, 0.6) is 0 Å². The third-order valence-corrected chi connectivity index (χ3v) is 4.52. The lowest BCUT2D eigenvalue weighted by atomic mass is 10.0. The normalized spacial score (nSPS) is 17.9. The van der Waals surface area contributed by atoms with Gasteiger partial charge in [0.05, 0.1) is 5.56 Å². The second kappa shape index (κ2) is 5.43. The number of thioether (sulfide) groups is 1. The Kier molecular flexibility index (Phi) is 4.10. The summed E-state index contributed by atoms with van der Waals surface area (Å²) in [6.45, 7) is 0. The monoisotopic (exact) mass is 275 g/mol. The van der Waals surface area contributed by atoms with E-state index in [0.29, 0.717) is 10.1 Å². The van der Waals surface area contributed by atoms with Gasteiger partial charge in [0.15, 0.2) is 0 Å². The van der Waals surface area contributed by atoms with Gasteiger partial charge < -0.3 is 5.73 Å². The number of rotatable bonds is 2. The van der Waals surface area contributed by atoms with E-state index in [1.165, 1.54) is 31.4 Å². The fraction of sp³-hybridized carbons (Fsp3) is 0.538. The second-order valence-electron chi connectivity index (χ2n) is 4.62. The number of hydrogen-bond donors (Lipinski definition) is 1. The van der Waals surface area contributed by atoms with Crippen molar-refractivity contribution in [3.05, 3.63) is 23.8 Å². The summed E-state index contributed by atoms with van der Waals surface area (Å²) in [5.41, 5.74) is 4.46. The highest BCUT2D eigenvalue weighted by Crippen LogP contribution is 2.39. The van der Waals surface area contributed by atoms with Gasteiger partial charge in [-0.25, -0.2) is 0 Å². The quantitative estimate of drug-likeness (QED) is 0.791. The largest absolute Gasteiger partial charge is 0.418 e. The molecule has 100 valence electrons. The molecular formula is C13H16F3NS. The van der Waals surface area contributed by atoms with E-state index in [1.807, 2.05) is 0 Å². The van der Waals surface area contributed by atoms with Crippen LogP contribution in [0.3, 0.4) is 0 Å². The Labute approximate surface area is 109 Å². The van der Waals surface area contributed by atoms with Crippen LogP contribution < -0.4 is 5.73 Å². The Morgan fingerprint density at radius 3 is 2.39 bits per heavy atom. The van der Waals surface area contributed by atoms with Gasteiger partial charge in [0.2, 0.25) is 0 Å². The minimum atomic E-state index is -4.37. The van der Waals surface area contributed by atoms with E-state index in [2.05, 4.69) is 0 Å². The highest BCUT2D eigenvalue weighted by Gasteiger charge is 2.33. The van der Waals surface area contributed by atoms with E-state index in [9.17, 15) is 13.2 Å². The second-order valence-corrected chi connectivity index (χ2v) is 6.00. The van der Waals surface area contributed by atoms with E-state index >= 15 is 0 Å². The van der Waals surface area contributed by atoms with E-state index < -0.39 is 11.7 Å². The van der Waals surface area contributed by atoms with Crippen molar-refractivity contribution in [2.75, 3.05) is 5.73 Å². The molecule has 5 heteroatoms. The number of alkyl halides is 3. The molecule has 1 aromatic carbocycles. The summed E-state index contributed by atoms with van der Waals surface area (Å²) < 4.78 is 38.2. The van der Waals surface area contributed by atoms with E-state index in [4.69, 9.17) is 5.73 Å². The summed E-state index contributed by atoms with van der Waals surface area (Å²) >= 11 is 1.55. The summed E-state index contributed by atoms with van der Waals surface area (Å²) in [5, 5.41) is 0.448. The van der Waals surface area contributed by atoms with Crippen LogP contribution in [0.1, 0.15) is 37.7 Å². The van der Waals surface area contributed by atoms with Crippen molar-refractivity contribution in [3.8, 4) is 0 Å². The fourth-order valence-corrected chi connectivity index (χ4v) is 3.52. The average molecular weight is 275 g/mol. The van der Waals surface area contributed by atoms with Crippen molar-refractivity contribution >= 4 is 17.4 Å². The van der Waals surface area contributed by atoms with Crippen molar-refractivity contribution in [1.82, 2.24) is 0 Å². The van der Waals surface area contributed by atoms with Gasteiger partial charge in [-0.1, -0.05) is 19.3 Å². The number of hydrogen-bond acceptors (Lipinski definition) is 2. The first-order valence-electron chi connectivity index (χ1n) is 6.10. The van der Waals surface area contributed by atoms with Gasteiger partial charge in [0, 0.05) is 15.8 Å². The summed E-state index contributed by atoms with van der Waals surface area (Å²) in [6.07, 6.45) is 1.42. The minimum Gasteiger partial charge on any atom is -0.398 e. The molecule has 0 aromatic heterocycles. The zero-order valence-electron chi connectivity index (χ0n) is 9.96. The first-order chi connectivity index (χ1) is 8.47. The van der Waals surface area contributed by atoms with E-state index in [-0.39, 0.29) is 5.69 Å². The smallest absolute Gasteiger partial charge is 0.398 e. The number of nitrogens with two attached hydrogens (primary N) is 1. The molecule has 2 N–H and O–H groups in total. The molecule has 2 rings (SSSR count). The maximum absolute atomic E-state index is 12.7. The average Bonchev–Trinajstić information content (AvgIpc) is 2.31. The lowest BCUT2D eigenvalue weighted by Crippen LogP contribution is -2.10. The molecule has 1 aromatic rings. The molecule has 0 spiro atoms. The van der Waals surface area contributed by atoms with Gasteiger partial charge >= 0.3 is 6.18 Å². The maximum atomic E-state index is 12.7. The minimum absolute atomic E-state index is 0.199. The first kappa shape index (κ1) is 13.6. The molecule has 18 heavy (non-hydrogen) atoms. The molecule has 0 atom stereocenters.